The van der Waals surface area contributed by atoms with Gasteiger partial charge in [0, 0.05) is 61.1 Å². The molecule has 29 heavy (non-hydrogen) atoms. The number of thiazole rings is 1. The first-order valence-electron chi connectivity index (χ1n) is 11.1. The van der Waals surface area contributed by atoms with E-state index in [1.165, 1.54) is 31.4 Å². The maximum Gasteiger partial charge on any atom is 0.223 e. The Morgan fingerprint density at radius 1 is 1.10 bits per heavy atom. The first-order chi connectivity index (χ1) is 14.3. The fourth-order valence-electron chi connectivity index (χ4n) is 4.81. The Kier molecular flexibility index (Phi) is 5.70. The maximum atomic E-state index is 12.3. The quantitative estimate of drug-likeness (QED) is 0.791. The molecule has 6 nitrogen and oxygen atoms in total. The number of likely N-dealkylation sites (tertiary alicyclic amines) is 2. The number of piperidine rings is 2. The number of amides is 1. The zero-order valence-electron chi connectivity index (χ0n) is 17.0. The van der Waals surface area contributed by atoms with Crippen molar-refractivity contribution in [2.75, 3.05) is 26.2 Å². The number of nitrogens with one attached hydrogen (secondary N) is 1. The third-order valence-corrected chi connectivity index (χ3v) is 7.51. The van der Waals surface area contributed by atoms with Gasteiger partial charge in [0.2, 0.25) is 5.91 Å². The molecular weight excluding hydrogens is 382 g/mol. The monoisotopic (exact) mass is 413 g/mol. The summed E-state index contributed by atoms with van der Waals surface area (Å²) in [6, 6.07) is 5.50. The molecule has 4 heterocycles. The Hall–Kier alpha value is -1.70. The van der Waals surface area contributed by atoms with Crippen molar-refractivity contribution in [2.24, 2.45) is 5.92 Å². The third kappa shape index (κ3) is 4.57. The molecule has 1 N–H and O–H groups in total. The van der Waals surface area contributed by atoms with E-state index in [0.717, 1.165) is 50.7 Å². The molecule has 2 aromatic rings. The predicted octanol–water partition coefficient (Wildman–Crippen LogP) is 2.89. The largest absolute Gasteiger partial charge is 0.353 e. The van der Waals surface area contributed by atoms with Gasteiger partial charge in [0.15, 0.2) is 5.13 Å². The summed E-state index contributed by atoms with van der Waals surface area (Å²) in [5, 5.41) is 6.27. The highest BCUT2D eigenvalue weighted by molar-refractivity contribution is 7.12. The molecule has 1 amide bonds. The number of carbonyl (C=O) groups is 1. The summed E-state index contributed by atoms with van der Waals surface area (Å²) < 4.78 is 2.22. The highest BCUT2D eigenvalue weighted by atomic mass is 32.1. The standard InChI is InChI=1S/C22H31N5OS/c28-21(24-18-3-4-18)17-5-13-26(14-6-17)19-7-11-25(12-8-19)16-20-2-1-10-27(20)22-23-9-15-29-22/h1-2,9-10,15,17-19H,3-8,11-14,16H2,(H,24,28). The minimum atomic E-state index is 0.241. The van der Waals surface area contributed by atoms with E-state index >= 15 is 0 Å². The van der Waals surface area contributed by atoms with Gasteiger partial charge in [-0.05, 0) is 63.7 Å². The summed E-state index contributed by atoms with van der Waals surface area (Å²) in [5.74, 6) is 0.552. The molecule has 0 atom stereocenters. The van der Waals surface area contributed by atoms with Crippen molar-refractivity contribution >= 4 is 17.2 Å². The molecular formula is C22H31N5OS. The van der Waals surface area contributed by atoms with Crippen LogP contribution >= 0.6 is 11.3 Å². The average molecular weight is 414 g/mol. The van der Waals surface area contributed by atoms with Crippen molar-refractivity contribution < 1.29 is 4.79 Å². The summed E-state index contributed by atoms with van der Waals surface area (Å²) in [7, 11) is 0. The third-order valence-electron chi connectivity index (χ3n) is 6.74. The van der Waals surface area contributed by atoms with E-state index in [1.54, 1.807) is 11.3 Å². The summed E-state index contributed by atoms with van der Waals surface area (Å²) >= 11 is 1.68. The molecule has 0 radical (unpaired) electrons. The van der Waals surface area contributed by atoms with Crippen LogP contribution in [0.1, 0.15) is 44.2 Å². The van der Waals surface area contributed by atoms with Crippen LogP contribution in [-0.4, -0.2) is 63.5 Å². The molecule has 0 spiro atoms. The van der Waals surface area contributed by atoms with Crippen LogP contribution in [0.15, 0.2) is 29.9 Å². The Bertz CT molecular complexity index is 799. The molecule has 3 fully saturated rings. The van der Waals surface area contributed by atoms with Gasteiger partial charge in [0.1, 0.15) is 0 Å². The van der Waals surface area contributed by atoms with Crippen molar-refractivity contribution in [3.8, 4) is 5.13 Å². The number of carbonyl (C=O) groups excluding carboxylic acids is 1. The van der Waals surface area contributed by atoms with Gasteiger partial charge >= 0.3 is 0 Å². The molecule has 2 aromatic heterocycles. The topological polar surface area (TPSA) is 53.4 Å². The molecule has 1 aliphatic carbocycles. The molecule has 7 heteroatoms. The summed E-state index contributed by atoms with van der Waals surface area (Å²) in [5.41, 5.74) is 1.32. The van der Waals surface area contributed by atoms with Crippen molar-refractivity contribution in [3.63, 3.8) is 0 Å². The second-order valence-electron chi connectivity index (χ2n) is 8.78. The molecule has 0 unspecified atom stereocenters. The van der Waals surface area contributed by atoms with Gasteiger partial charge in [-0.2, -0.15) is 0 Å². The Morgan fingerprint density at radius 3 is 2.59 bits per heavy atom. The fourth-order valence-corrected chi connectivity index (χ4v) is 5.47. The van der Waals surface area contributed by atoms with Crippen molar-refractivity contribution in [2.45, 2.75) is 57.2 Å². The Labute approximate surface area is 176 Å². The molecule has 2 aliphatic heterocycles. The molecule has 3 aliphatic rings. The lowest BCUT2D eigenvalue weighted by molar-refractivity contribution is -0.126. The van der Waals surface area contributed by atoms with Crippen molar-refractivity contribution in [1.82, 2.24) is 24.7 Å². The van der Waals surface area contributed by atoms with Gasteiger partial charge in [-0.3, -0.25) is 14.3 Å². The highest BCUT2D eigenvalue weighted by Crippen LogP contribution is 2.26. The molecule has 156 valence electrons. The van der Waals surface area contributed by atoms with Crippen LogP contribution in [0, 0.1) is 5.92 Å². The van der Waals surface area contributed by atoms with E-state index in [9.17, 15) is 4.79 Å². The van der Waals surface area contributed by atoms with Gasteiger partial charge in [-0.1, -0.05) is 0 Å². The van der Waals surface area contributed by atoms with Crippen LogP contribution in [0.3, 0.4) is 0 Å². The molecule has 5 rings (SSSR count). The van der Waals surface area contributed by atoms with Crippen LogP contribution in [0.25, 0.3) is 5.13 Å². The zero-order chi connectivity index (χ0) is 19.6. The number of aromatic nitrogens is 2. The van der Waals surface area contributed by atoms with E-state index in [4.69, 9.17) is 0 Å². The summed E-state index contributed by atoms with van der Waals surface area (Å²) in [6.45, 7) is 5.45. The van der Waals surface area contributed by atoms with Crippen LogP contribution < -0.4 is 5.32 Å². The van der Waals surface area contributed by atoms with E-state index < -0.39 is 0 Å². The normalized spacial score (nSPS) is 22.8. The number of nitrogens with zero attached hydrogens (tertiary/aromatic N) is 4. The number of rotatable bonds is 6. The van der Waals surface area contributed by atoms with E-state index in [0.29, 0.717) is 18.0 Å². The summed E-state index contributed by atoms with van der Waals surface area (Å²) in [4.78, 5) is 22.0. The molecule has 1 saturated carbocycles. The number of hydrogen-bond acceptors (Lipinski definition) is 5. The molecule has 0 aromatic carbocycles. The van der Waals surface area contributed by atoms with Gasteiger partial charge in [-0.15, -0.1) is 11.3 Å². The second-order valence-corrected chi connectivity index (χ2v) is 9.66. The van der Waals surface area contributed by atoms with Crippen molar-refractivity contribution in [3.05, 3.63) is 35.6 Å². The number of hydrogen-bond donors (Lipinski definition) is 1. The Balaban J connectivity index is 1.08. The van der Waals surface area contributed by atoms with E-state index in [-0.39, 0.29) is 5.92 Å². The van der Waals surface area contributed by atoms with Gasteiger partial charge in [-0.25, -0.2) is 4.98 Å². The van der Waals surface area contributed by atoms with E-state index in [2.05, 4.69) is 43.0 Å². The van der Waals surface area contributed by atoms with Crippen LogP contribution in [-0.2, 0) is 11.3 Å². The van der Waals surface area contributed by atoms with Gasteiger partial charge in [0.05, 0.1) is 0 Å². The first-order valence-corrected chi connectivity index (χ1v) is 12.0. The highest BCUT2D eigenvalue weighted by Gasteiger charge is 2.32. The van der Waals surface area contributed by atoms with Crippen LogP contribution in [0.2, 0.25) is 0 Å². The zero-order valence-corrected chi connectivity index (χ0v) is 17.8. The Morgan fingerprint density at radius 2 is 1.90 bits per heavy atom. The molecule has 0 bridgehead atoms. The molecule has 2 saturated heterocycles. The van der Waals surface area contributed by atoms with E-state index in [1.807, 2.05) is 11.6 Å². The lowest BCUT2D eigenvalue weighted by Gasteiger charge is -2.41. The van der Waals surface area contributed by atoms with Crippen LogP contribution in [0.5, 0.6) is 0 Å². The van der Waals surface area contributed by atoms with Gasteiger partial charge < -0.3 is 10.2 Å². The fraction of sp³-hybridized carbons (Fsp3) is 0.636. The average Bonchev–Trinajstić information content (AvgIpc) is 3.20. The maximum absolute atomic E-state index is 12.3. The lowest BCUT2D eigenvalue weighted by Crippen LogP contribution is -2.49. The van der Waals surface area contributed by atoms with Crippen molar-refractivity contribution in [1.29, 1.82) is 0 Å². The predicted molar refractivity (Wildman–Crippen MR) is 115 cm³/mol. The first kappa shape index (κ1) is 19.3. The minimum Gasteiger partial charge on any atom is -0.353 e. The minimum absolute atomic E-state index is 0.241. The van der Waals surface area contributed by atoms with Gasteiger partial charge in [0.25, 0.3) is 0 Å². The summed E-state index contributed by atoms with van der Waals surface area (Å²) in [6.07, 6.45) is 10.9. The van der Waals surface area contributed by atoms with Crippen LogP contribution in [0.4, 0.5) is 0 Å². The lowest BCUT2D eigenvalue weighted by atomic mass is 9.92. The smallest absolute Gasteiger partial charge is 0.223 e. The second kappa shape index (κ2) is 8.58. The SMILES string of the molecule is O=C(NC1CC1)C1CCN(C2CCN(Cc3cccn3-c3nccs3)CC2)CC1.